The minimum Gasteiger partial charge on any atom is -0.497 e. The first-order chi connectivity index (χ1) is 10.1. The first kappa shape index (κ1) is 16.4. The molecule has 0 aliphatic rings. The van der Waals surface area contributed by atoms with E-state index in [2.05, 4.69) is 53.2 Å². The van der Waals surface area contributed by atoms with Gasteiger partial charge in [-0.15, -0.1) is 11.8 Å². The molecule has 0 aliphatic heterocycles. The molecule has 0 saturated carbocycles. The number of rotatable bonds is 6. The number of ether oxygens (including phenoxy) is 1. The van der Waals surface area contributed by atoms with Crippen LogP contribution in [0.5, 0.6) is 5.75 Å². The maximum Gasteiger partial charge on any atom is 0.118 e. The zero-order valence-corrected chi connectivity index (χ0v) is 14.7. The van der Waals surface area contributed by atoms with Crippen LogP contribution < -0.4 is 10.5 Å². The Morgan fingerprint density at radius 1 is 1.19 bits per heavy atom. The van der Waals surface area contributed by atoms with Crippen molar-refractivity contribution >= 4 is 27.7 Å². The number of benzene rings is 2. The molecule has 0 aromatic heterocycles. The van der Waals surface area contributed by atoms with Crippen molar-refractivity contribution < 1.29 is 4.74 Å². The van der Waals surface area contributed by atoms with Crippen LogP contribution in [0.25, 0.3) is 0 Å². The predicted molar refractivity (Wildman–Crippen MR) is 94.0 cm³/mol. The number of halogens is 1. The molecule has 0 bridgehead atoms. The molecular weight excluding hydrogens is 346 g/mol. The number of nitrogens with two attached hydrogens (primary N) is 1. The lowest BCUT2D eigenvalue weighted by atomic mass is 10.0. The molecule has 0 saturated heterocycles. The second-order valence-corrected chi connectivity index (χ2v) is 6.97. The molecule has 2 atom stereocenters. The van der Waals surface area contributed by atoms with Crippen LogP contribution in [-0.4, -0.2) is 13.2 Å². The lowest BCUT2D eigenvalue weighted by Gasteiger charge is -2.23. The van der Waals surface area contributed by atoms with Crippen LogP contribution in [0.1, 0.15) is 24.2 Å². The van der Waals surface area contributed by atoms with Crippen LogP contribution in [0.3, 0.4) is 0 Å². The average Bonchev–Trinajstić information content (AvgIpc) is 2.52. The fraction of sp³-hybridized carbons (Fsp3) is 0.294. The molecule has 112 valence electrons. The standard InChI is InChI=1S/C17H20BrNOS/c1-3-16(19)17(12-7-9-14(20-2)10-8-12)21-15-6-4-5-13(18)11-15/h4-11,16-17H,3,19H2,1-2H3. The highest BCUT2D eigenvalue weighted by Crippen LogP contribution is 2.39. The van der Waals surface area contributed by atoms with Gasteiger partial charge in [0, 0.05) is 20.7 Å². The topological polar surface area (TPSA) is 35.2 Å². The van der Waals surface area contributed by atoms with Gasteiger partial charge in [0.05, 0.1) is 7.11 Å². The Morgan fingerprint density at radius 3 is 2.48 bits per heavy atom. The zero-order valence-electron chi connectivity index (χ0n) is 12.3. The van der Waals surface area contributed by atoms with Crippen LogP contribution in [-0.2, 0) is 0 Å². The van der Waals surface area contributed by atoms with Gasteiger partial charge in [-0.3, -0.25) is 0 Å². The van der Waals surface area contributed by atoms with Gasteiger partial charge in [0.1, 0.15) is 5.75 Å². The normalized spacial score (nSPS) is 13.7. The molecule has 0 fully saturated rings. The van der Waals surface area contributed by atoms with Crippen molar-refractivity contribution in [2.75, 3.05) is 7.11 Å². The van der Waals surface area contributed by atoms with Crippen LogP contribution in [0.4, 0.5) is 0 Å². The minimum absolute atomic E-state index is 0.113. The lowest BCUT2D eigenvalue weighted by molar-refractivity contribution is 0.414. The summed E-state index contributed by atoms with van der Waals surface area (Å²) in [5.74, 6) is 0.870. The van der Waals surface area contributed by atoms with E-state index in [0.29, 0.717) is 0 Å². The van der Waals surface area contributed by atoms with E-state index < -0.39 is 0 Å². The van der Waals surface area contributed by atoms with Gasteiger partial charge in [0.2, 0.25) is 0 Å². The molecule has 0 heterocycles. The third-order valence-corrected chi connectivity index (χ3v) is 5.26. The quantitative estimate of drug-likeness (QED) is 0.729. The number of hydrogen-bond acceptors (Lipinski definition) is 3. The summed E-state index contributed by atoms with van der Waals surface area (Å²) < 4.78 is 6.31. The Balaban J connectivity index is 2.25. The monoisotopic (exact) mass is 365 g/mol. The van der Waals surface area contributed by atoms with E-state index in [1.807, 2.05) is 18.2 Å². The van der Waals surface area contributed by atoms with Gasteiger partial charge in [-0.2, -0.15) is 0 Å². The highest BCUT2D eigenvalue weighted by atomic mass is 79.9. The Kier molecular flexibility index (Phi) is 6.15. The van der Waals surface area contributed by atoms with Crippen LogP contribution >= 0.6 is 27.7 Å². The van der Waals surface area contributed by atoms with Gasteiger partial charge < -0.3 is 10.5 Å². The summed E-state index contributed by atoms with van der Waals surface area (Å²) in [7, 11) is 1.68. The van der Waals surface area contributed by atoms with Crippen molar-refractivity contribution in [3.05, 3.63) is 58.6 Å². The maximum absolute atomic E-state index is 6.34. The van der Waals surface area contributed by atoms with E-state index in [4.69, 9.17) is 10.5 Å². The first-order valence-electron chi connectivity index (χ1n) is 6.95. The van der Waals surface area contributed by atoms with Gasteiger partial charge in [0.15, 0.2) is 0 Å². The van der Waals surface area contributed by atoms with Gasteiger partial charge in [-0.1, -0.05) is 41.1 Å². The van der Waals surface area contributed by atoms with Crippen molar-refractivity contribution in [3.63, 3.8) is 0 Å². The Labute approximate surface area is 139 Å². The zero-order chi connectivity index (χ0) is 15.2. The van der Waals surface area contributed by atoms with Gasteiger partial charge in [-0.05, 0) is 42.3 Å². The summed E-state index contributed by atoms with van der Waals surface area (Å²) in [6.45, 7) is 2.13. The van der Waals surface area contributed by atoms with Crippen molar-refractivity contribution in [1.82, 2.24) is 0 Å². The molecular formula is C17H20BrNOS. The highest BCUT2D eigenvalue weighted by Gasteiger charge is 2.20. The van der Waals surface area contributed by atoms with Crippen molar-refractivity contribution in [3.8, 4) is 5.75 Å². The second kappa shape index (κ2) is 7.87. The SMILES string of the molecule is CCC(N)C(Sc1cccc(Br)c1)c1ccc(OC)cc1. The molecule has 2 rings (SSSR count). The summed E-state index contributed by atoms with van der Waals surface area (Å²) in [4.78, 5) is 1.22. The molecule has 0 amide bonds. The number of methoxy groups -OCH3 is 1. The summed E-state index contributed by atoms with van der Waals surface area (Å²) in [5.41, 5.74) is 7.57. The molecule has 21 heavy (non-hydrogen) atoms. The van der Waals surface area contributed by atoms with Crippen molar-refractivity contribution in [2.45, 2.75) is 29.5 Å². The maximum atomic E-state index is 6.34. The van der Waals surface area contributed by atoms with E-state index in [-0.39, 0.29) is 11.3 Å². The minimum atomic E-state index is 0.113. The second-order valence-electron chi connectivity index (χ2n) is 4.84. The summed E-state index contributed by atoms with van der Waals surface area (Å²) in [6.07, 6.45) is 0.942. The Morgan fingerprint density at radius 2 is 1.90 bits per heavy atom. The van der Waals surface area contributed by atoms with Crippen LogP contribution in [0.15, 0.2) is 57.9 Å². The van der Waals surface area contributed by atoms with Gasteiger partial charge in [0.25, 0.3) is 0 Å². The van der Waals surface area contributed by atoms with Crippen LogP contribution in [0.2, 0.25) is 0 Å². The lowest BCUT2D eigenvalue weighted by Crippen LogP contribution is -2.25. The highest BCUT2D eigenvalue weighted by molar-refractivity contribution is 9.10. The largest absolute Gasteiger partial charge is 0.497 e. The Hall–Kier alpha value is -0.970. The van der Waals surface area contributed by atoms with Gasteiger partial charge in [-0.25, -0.2) is 0 Å². The van der Waals surface area contributed by atoms with Crippen LogP contribution in [0, 0.1) is 0 Å². The summed E-state index contributed by atoms with van der Waals surface area (Å²) in [6, 6.07) is 16.6. The number of thioether (sulfide) groups is 1. The molecule has 2 aromatic carbocycles. The third-order valence-electron chi connectivity index (χ3n) is 3.36. The smallest absolute Gasteiger partial charge is 0.118 e. The predicted octanol–water partition coefficient (Wildman–Crippen LogP) is 5.03. The third kappa shape index (κ3) is 4.50. The van der Waals surface area contributed by atoms with Gasteiger partial charge >= 0.3 is 0 Å². The van der Waals surface area contributed by atoms with E-state index >= 15 is 0 Å². The molecule has 2 unspecified atom stereocenters. The summed E-state index contributed by atoms with van der Waals surface area (Å²) >= 11 is 5.33. The fourth-order valence-corrected chi connectivity index (χ4v) is 3.95. The Bertz CT molecular complexity index is 573. The van der Waals surface area contributed by atoms with E-state index in [9.17, 15) is 0 Å². The molecule has 2 nitrogen and oxygen atoms in total. The number of hydrogen-bond donors (Lipinski definition) is 1. The molecule has 2 aromatic rings. The molecule has 0 aliphatic carbocycles. The first-order valence-corrected chi connectivity index (χ1v) is 8.63. The molecule has 4 heteroatoms. The molecule has 0 radical (unpaired) electrons. The van der Waals surface area contributed by atoms with Crippen molar-refractivity contribution in [1.29, 1.82) is 0 Å². The fourth-order valence-electron chi connectivity index (χ4n) is 2.10. The van der Waals surface area contributed by atoms with E-state index in [1.54, 1.807) is 18.9 Å². The molecule has 0 spiro atoms. The van der Waals surface area contributed by atoms with Crippen molar-refractivity contribution in [2.24, 2.45) is 5.73 Å². The summed E-state index contributed by atoms with van der Waals surface area (Å²) in [5, 5.41) is 0.232. The van der Waals surface area contributed by atoms with E-state index in [0.717, 1.165) is 16.6 Å². The van der Waals surface area contributed by atoms with E-state index in [1.165, 1.54) is 10.5 Å². The average molecular weight is 366 g/mol. The molecule has 2 N–H and O–H groups in total.